The monoisotopic (exact) mass is 420 g/mol. The van der Waals surface area contributed by atoms with Gasteiger partial charge >= 0.3 is 0 Å². The first kappa shape index (κ1) is 19.8. The smallest absolute Gasteiger partial charge is 0.123 e. The van der Waals surface area contributed by atoms with Crippen LogP contribution in [0.3, 0.4) is 0 Å². The van der Waals surface area contributed by atoms with Crippen molar-refractivity contribution >= 4 is 16.6 Å². The van der Waals surface area contributed by atoms with Crippen molar-refractivity contribution in [2.45, 2.75) is 12.8 Å². The molecule has 31 heavy (non-hydrogen) atoms. The lowest BCUT2D eigenvalue weighted by molar-refractivity contribution is 0.255. The van der Waals surface area contributed by atoms with Gasteiger partial charge in [0.15, 0.2) is 0 Å². The quantitative estimate of drug-likeness (QED) is 0.450. The summed E-state index contributed by atoms with van der Waals surface area (Å²) in [6, 6.07) is 11.9. The number of piperazine rings is 1. The number of aromatic nitrogens is 2. The minimum absolute atomic E-state index is 0.190. The van der Waals surface area contributed by atoms with E-state index < -0.39 is 0 Å². The van der Waals surface area contributed by atoms with Crippen LogP contribution in [0.15, 0.2) is 61.1 Å². The van der Waals surface area contributed by atoms with Crippen LogP contribution in [-0.2, 0) is 6.42 Å². The third kappa shape index (κ3) is 4.21. The molecule has 0 aliphatic carbocycles. The van der Waals surface area contributed by atoms with E-state index in [2.05, 4.69) is 19.8 Å². The predicted molar refractivity (Wildman–Crippen MR) is 121 cm³/mol. The maximum atomic E-state index is 13.9. The zero-order chi connectivity index (χ0) is 21.2. The fraction of sp³-hybridized carbons (Fsp3) is 0.280. The highest BCUT2D eigenvalue weighted by molar-refractivity contribution is 5.83. The third-order valence-corrected chi connectivity index (χ3v) is 6.23. The predicted octanol–water partition coefficient (Wildman–Crippen LogP) is 5.20. The van der Waals surface area contributed by atoms with Crippen molar-refractivity contribution in [3.8, 4) is 11.1 Å². The van der Waals surface area contributed by atoms with Crippen molar-refractivity contribution in [1.29, 1.82) is 0 Å². The molecule has 6 heteroatoms. The van der Waals surface area contributed by atoms with Gasteiger partial charge in [-0.2, -0.15) is 0 Å². The Morgan fingerprint density at radius 3 is 2.48 bits per heavy atom. The number of hydrogen-bond donors (Lipinski definition) is 2. The van der Waals surface area contributed by atoms with E-state index in [0.717, 1.165) is 73.3 Å². The van der Waals surface area contributed by atoms with Crippen LogP contribution < -0.4 is 4.90 Å². The largest absolute Gasteiger partial charge is 0.368 e. The van der Waals surface area contributed by atoms with Crippen LogP contribution in [0.1, 0.15) is 12.0 Å². The van der Waals surface area contributed by atoms with E-state index >= 15 is 0 Å². The topological polar surface area (TPSA) is 38.1 Å². The summed E-state index contributed by atoms with van der Waals surface area (Å²) in [5.74, 6) is -0.403. The van der Waals surface area contributed by atoms with Crippen LogP contribution in [0.5, 0.6) is 0 Å². The molecule has 0 spiro atoms. The first-order valence-electron chi connectivity index (χ1n) is 10.8. The summed E-state index contributed by atoms with van der Waals surface area (Å²) in [7, 11) is 0. The molecular weight excluding hydrogens is 394 g/mol. The molecule has 3 heterocycles. The standard InChI is InChI=1S/C25H26F2N4/c26-20-3-5-24-22(14-20)18(17-29-24)2-1-9-30-10-12-31(13-11-30)25-6-4-21(27)15-23(25)19-7-8-28-16-19/h3-8,14-17,28-29H,1-2,9-13H2. The van der Waals surface area contributed by atoms with Crippen molar-refractivity contribution < 1.29 is 8.78 Å². The number of nitrogens with zero attached hydrogens (tertiary/aromatic N) is 2. The van der Waals surface area contributed by atoms with E-state index in [1.165, 1.54) is 11.6 Å². The van der Waals surface area contributed by atoms with E-state index in [9.17, 15) is 8.78 Å². The van der Waals surface area contributed by atoms with Gasteiger partial charge in [0.25, 0.3) is 0 Å². The van der Waals surface area contributed by atoms with Gasteiger partial charge in [-0.1, -0.05) is 0 Å². The second kappa shape index (κ2) is 8.55. The Kier molecular flexibility index (Phi) is 5.47. The third-order valence-electron chi connectivity index (χ3n) is 6.23. The van der Waals surface area contributed by atoms with Crippen molar-refractivity contribution in [3.05, 3.63) is 78.3 Å². The number of fused-ring (bicyclic) bond motifs is 1. The summed E-state index contributed by atoms with van der Waals surface area (Å²) in [4.78, 5) is 11.1. The Morgan fingerprint density at radius 1 is 0.871 bits per heavy atom. The fourth-order valence-electron chi connectivity index (χ4n) is 4.57. The van der Waals surface area contributed by atoms with E-state index in [1.807, 2.05) is 30.7 Å². The van der Waals surface area contributed by atoms with Gasteiger partial charge in [0.2, 0.25) is 0 Å². The van der Waals surface area contributed by atoms with E-state index in [1.54, 1.807) is 24.3 Å². The van der Waals surface area contributed by atoms with Crippen LogP contribution in [0.4, 0.5) is 14.5 Å². The van der Waals surface area contributed by atoms with Gasteiger partial charge in [-0.15, -0.1) is 0 Å². The molecule has 1 saturated heterocycles. The molecule has 0 bridgehead atoms. The molecule has 4 aromatic rings. The maximum Gasteiger partial charge on any atom is 0.123 e. The molecule has 4 nitrogen and oxygen atoms in total. The first-order valence-corrected chi connectivity index (χ1v) is 10.8. The van der Waals surface area contributed by atoms with Gasteiger partial charge < -0.3 is 14.9 Å². The molecular formula is C25H26F2N4. The maximum absolute atomic E-state index is 13.9. The van der Waals surface area contributed by atoms with E-state index in [-0.39, 0.29) is 11.6 Å². The Hall–Kier alpha value is -3.12. The highest BCUT2D eigenvalue weighted by Crippen LogP contribution is 2.32. The van der Waals surface area contributed by atoms with Gasteiger partial charge in [0.1, 0.15) is 11.6 Å². The lowest BCUT2D eigenvalue weighted by Gasteiger charge is -2.37. The summed E-state index contributed by atoms with van der Waals surface area (Å²) in [5.41, 5.74) is 5.19. The van der Waals surface area contributed by atoms with Crippen LogP contribution in [-0.4, -0.2) is 47.6 Å². The van der Waals surface area contributed by atoms with E-state index in [0.29, 0.717) is 0 Å². The summed E-state index contributed by atoms with van der Waals surface area (Å²) in [6.07, 6.45) is 7.74. The Morgan fingerprint density at radius 2 is 1.68 bits per heavy atom. The molecule has 2 N–H and O–H groups in total. The van der Waals surface area contributed by atoms with Gasteiger partial charge in [0, 0.05) is 72.5 Å². The average Bonchev–Trinajstić information content (AvgIpc) is 3.45. The number of benzene rings is 2. The van der Waals surface area contributed by atoms with E-state index in [4.69, 9.17) is 0 Å². The number of nitrogens with one attached hydrogen (secondary N) is 2. The normalized spacial score (nSPS) is 15.1. The lowest BCUT2D eigenvalue weighted by atomic mass is 10.0. The average molecular weight is 421 g/mol. The molecule has 1 fully saturated rings. The Balaban J connectivity index is 1.18. The second-order valence-electron chi connectivity index (χ2n) is 8.20. The lowest BCUT2D eigenvalue weighted by Crippen LogP contribution is -2.46. The number of aromatic amines is 2. The number of aryl methyl sites for hydroxylation is 1. The minimum atomic E-state index is -0.212. The van der Waals surface area contributed by atoms with Crippen LogP contribution in [0, 0.1) is 11.6 Å². The summed E-state index contributed by atoms with van der Waals surface area (Å²) in [6.45, 7) is 4.81. The summed E-state index contributed by atoms with van der Waals surface area (Å²) in [5, 5.41) is 0.985. The Labute approximate surface area is 180 Å². The van der Waals surface area contributed by atoms with Crippen molar-refractivity contribution in [1.82, 2.24) is 14.9 Å². The molecule has 0 atom stereocenters. The van der Waals surface area contributed by atoms with Gasteiger partial charge in [0.05, 0.1) is 0 Å². The molecule has 0 saturated carbocycles. The molecule has 0 amide bonds. The molecule has 160 valence electrons. The minimum Gasteiger partial charge on any atom is -0.368 e. The highest BCUT2D eigenvalue weighted by atomic mass is 19.1. The summed E-state index contributed by atoms with van der Waals surface area (Å²) < 4.78 is 27.5. The van der Waals surface area contributed by atoms with Gasteiger partial charge in [-0.3, -0.25) is 4.90 Å². The van der Waals surface area contributed by atoms with Crippen molar-refractivity contribution in [2.24, 2.45) is 0 Å². The summed E-state index contributed by atoms with van der Waals surface area (Å²) >= 11 is 0. The fourth-order valence-corrected chi connectivity index (χ4v) is 4.57. The van der Waals surface area contributed by atoms with Crippen LogP contribution in [0.25, 0.3) is 22.0 Å². The van der Waals surface area contributed by atoms with Crippen LogP contribution >= 0.6 is 0 Å². The molecule has 1 aliphatic heterocycles. The number of hydrogen-bond acceptors (Lipinski definition) is 2. The molecule has 2 aromatic carbocycles. The van der Waals surface area contributed by atoms with Crippen molar-refractivity contribution in [3.63, 3.8) is 0 Å². The van der Waals surface area contributed by atoms with Crippen molar-refractivity contribution in [2.75, 3.05) is 37.6 Å². The molecule has 0 radical (unpaired) electrons. The van der Waals surface area contributed by atoms with Gasteiger partial charge in [-0.25, -0.2) is 8.78 Å². The molecule has 5 rings (SSSR count). The molecule has 1 aliphatic rings. The number of halogens is 2. The first-order chi connectivity index (χ1) is 15.2. The van der Waals surface area contributed by atoms with Crippen LogP contribution in [0.2, 0.25) is 0 Å². The second-order valence-corrected chi connectivity index (χ2v) is 8.20. The number of rotatable bonds is 6. The SMILES string of the molecule is Fc1ccc(N2CCN(CCCc3c[nH]c4ccc(F)cc34)CC2)c(-c2cc[nH]c2)c1. The zero-order valence-electron chi connectivity index (χ0n) is 17.4. The number of H-pyrrole nitrogens is 2. The van der Waals surface area contributed by atoms with Gasteiger partial charge in [-0.05, 0) is 67.4 Å². The zero-order valence-corrected chi connectivity index (χ0v) is 17.4. The number of anilines is 1. The Bertz CT molecular complexity index is 1160. The molecule has 0 unspecified atom stereocenters. The highest BCUT2D eigenvalue weighted by Gasteiger charge is 2.20. The molecule has 2 aromatic heterocycles.